The number of aryl methyl sites for hydroxylation is 2. The summed E-state index contributed by atoms with van der Waals surface area (Å²) in [6, 6.07) is 5.89. The fourth-order valence-corrected chi connectivity index (χ4v) is 2.74. The number of unbranched alkanes of at least 4 members (excludes halogenated alkanes) is 4. The minimum absolute atomic E-state index is 0. The summed E-state index contributed by atoms with van der Waals surface area (Å²) in [7, 11) is -4.54. The molecule has 0 amide bonds. The molecule has 1 aromatic rings. The molecule has 0 spiro atoms. The molecule has 0 heterocycles. The van der Waals surface area contributed by atoms with E-state index < -0.39 is 15.1 Å². The van der Waals surface area contributed by atoms with E-state index in [2.05, 4.69) is 19.9 Å². The van der Waals surface area contributed by atoms with E-state index in [0.29, 0.717) is 5.75 Å². The Morgan fingerprint density at radius 3 is 2.08 bits per heavy atom. The molecule has 138 valence electrons. The van der Waals surface area contributed by atoms with Crippen molar-refractivity contribution in [3.8, 4) is 5.75 Å². The predicted octanol–water partition coefficient (Wildman–Crippen LogP) is 1.82. The summed E-state index contributed by atoms with van der Waals surface area (Å²) in [5.74, 6) is 0.509. The monoisotopic (exact) mass is 378 g/mol. The largest absolute Gasteiger partial charge is 1.00 e. The van der Waals surface area contributed by atoms with Crippen LogP contribution in [-0.2, 0) is 23.0 Å². The van der Waals surface area contributed by atoms with Crippen LogP contribution >= 0.6 is 0 Å². The van der Waals surface area contributed by atoms with Crippen LogP contribution in [0, 0.1) is 0 Å². The van der Waals surface area contributed by atoms with Gasteiger partial charge < -0.3 is 9.29 Å². The molecule has 4 nitrogen and oxygen atoms in total. The first-order chi connectivity index (χ1) is 11.2. The van der Waals surface area contributed by atoms with Crippen molar-refractivity contribution in [2.45, 2.75) is 84.0 Å². The van der Waals surface area contributed by atoms with Crippen LogP contribution in [0.4, 0.5) is 0 Å². The zero-order valence-corrected chi connectivity index (χ0v) is 19.2. The summed E-state index contributed by atoms with van der Waals surface area (Å²) < 4.78 is 39.8. The summed E-state index contributed by atoms with van der Waals surface area (Å²) in [5, 5.41) is 0. The van der Waals surface area contributed by atoms with Crippen LogP contribution in [-0.4, -0.2) is 17.9 Å². The predicted molar refractivity (Wildman–Crippen MR) is 97.3 cm³/mol. The second kappa shape index (κ2) is 11.6. The molecule has 0 saturated heterocycles. The molecule has 1 rings (SSSR count). The van der Waals surface area contributed by atoms with Gasteiger partial charge in [0.15, 0.2) is 4.93 Å². The van der Waals surface area contributed by atoms with Crippen molar-refractivity contribution in [3.63, 3.8) is 0 Å². The van der Waals surface area contributed by atoms with E-state index in [9.17, 15) is 13.0 Å². The summed E-state index contributed by atoms with van der Waals surface area (Å²) in [6.07, 6.45) is 8.62. The second-order valence-electron chi connectivity index (χ2n) is 6.81. The number of hydrogen-bond acceptors (Lipinski definition) is 4. The van der Waals surface area contributed by atoms with Crippen molar-refractivity contribution in [2.24, 2.45) is 0 Å². The molecule has 0 N–H and O–H groups in total. The van der Waals surface area contributed by atoms with Gasteiger partial charge in [-0.15, -0.1) is 0 Å². The normalized spacial score (nSPS) is 11.9. The topological polar surface area (TPSA) is 66.4 Å². The van der Waals surface area contributed by atoms with Gasteiger partial charge in [0, 0.05) is 0 Å². The third-order valence-corrected chi connectivity index (χ3v) is 5.49. The molecule has 0 atom stereocenters. The fourth-order valence-electron chi connectivity index (χ4n) is 2.54. The van der Waals surface area contributed by atoms with Gasteiger partial charge in [-0.25, -0.2) is 8.42 Å². The molecule has 0 unspecified atom stereocenters. The Kier molecular flexibility index (Phi) is 11.6. The van der Waals surface area contributed by atoms with E-state index >= 15 is 0 Å². The van der Waals surface area contributed by atoms with Crippen molar-refractivity contribution in [1.82, 2.24) is 0 Å². The molecule has 0 aliphatic heterocycles. The van der Waals surface area contributed by atoms with Crippen molar-refractivity contribution < 1.29 is 47.3 Å². The van der Waals surface area contributed by atoms with E-state index in [1.54, 1.807) is 0 Å². The molecule has 0 fully saturated rings. The molecular formula is C19H31NaO4S. The molecule has 0 aromatic heterocycles. The van der Waals surface area contributed by atoms with Gasteiger partial charge >= 0.3 is 29.6 Å². The van der Waals surface area contributed by atoms with Crippen LogP contribution in [0.1, 0.15) is 77.3 Å². The van der Waals surface area contributed by atoms with Gasteiger partial charge in [-0.3, -0.25) is 0 Å². The average molecular weight is 379 g/mol. The molecule has 1 aromatic carbocycles. The first-order valence-electron chi connectivity index (χ1n) is 8.97. The van der Waals surface area contributed by atoms with Crippen LogP contribution in [0.5, 0.6) is 5.75 Å². The third kappa shape index (κ3) is 8.44. The smallest absolute Gasteiger partial charge is 0.745 e. The standard InChI is InChI=1S/C19H32O4S.Na/c1-5-7-9-11-16-13-14-18(17(15-16)12-10-8-6-2)23-19(3,4)24(20,21)22;/h13-15H,5-12H2,1-4H3,(H,20,21,22);/q;+1/p-1. The van der Waals surface area contributed by atoms with Crippen LogP contribution in [0.2, 0.25) is 0 Å². The molecular weight excluding hydrogens is 347 g/mol. The Morgan fingerprint density at radius 1 is 1.00 bits per heavy atom. The van der Waals surface area contributed by atoms with Crippen molar-refractivity contribution in [3.05, 3.63) is 29.3 Å². The molecule has 0 aliphatic carbocycles. The number of ether oxygens (including phenoxy) is 1. The van der Waals surface area contributed by atoms with Gasteiger partial charge in [-0.1, -0.05) is 51.7 Å². The Morgan fingerprint density at radius 2 is 1.56 bits per heavy atom. The maximum Gasteiger partial charge on any atom is 1.00 e. The van der Waals surface area contributed by atoms with Gasteiger partial charge in [-0.2, -0.15) is 0 Å². The van der Waals surface area contributed by atoms with Gasteiger partial charge in [0.25, 0.3) is 0 Å². The SMILES string of the molecule is CCCCCc1ccc(OC(C)(C)S(=O)(=O)[O-])c(CCCCC)c1.[Na+]. The zero-order valence-electron chi connectivity index (χ0n) is 16.4. The summed E-state index contributed by atoms with van der Waals surface area (Å²) in [5.41, 5.74) is 2.24. The van der Waals surface area contributed by atoms with Crippen molar-refractivity contribution in [2.75, 3.05) is 0 Å². The minimum Gasteiger partial charge on any atom is -0.745 e. The number of hydrogen-bond donors (Lipinski definition) is 0. The first-order valence-corrected chi connectivity index (χ1v) is 10.4. The Bertz CT molecular complexity index is 612. The number of rotatable bonds is 11. The third-order valence-electron chi connectivity index (χ3n) is 4.20. The minimum atomic E-state index is -4.54. The molecule has 6 heteroatoms. The Balaban J connectivity index is 0.00000576. The second-order valence-corrected chi connectivity index (χ2v) is 8.70. The maximum absolute atomic E-state index is 11.4. The van der Waals surface area contributed by atoms with Crippen molar-refractivity contribution >= 4 is 10.1 Å². The average Bonchev–Trinajstić information content (AvgIpc) is 2.48. The molecule has 0 aliphatic rings. The Labute approximate surface area is 175 Å². The van der Waals surface area contributed by atoms with E-state index in [0.717, 1.165) is 44.1 Å². The quantitative estimate of drug-likeness (QED) is 0.335. The summed E-state index contributed by atoms with van der Waals surface area (Å²) in [6.45, 7) is 6.94. The Hall–Kier alpha value is -0.0700. The van der Waals surface area contributed by atoms with Gasteiger partial charge in [-0.05, 0) is 56.7 Å². The van der Waals surface area contributed by atoms with Gasteiger partial charge in [0.1, 0.15) is 15.9 Å². The van der Waals surface area contributed by atoms with Gasteiger partial charge in [0.05, 0.1) is 0 Å². The molecule has 25 heavy (non-hydrogen) atoms. The van der Waals surface area contributed by atoms with E-state index in [1.807, 2.05) is 12.1 Å². The maximum atomic E-state index is 11.4. The molecule has 0 bridgehead atoms. The van der Waals surface area contributed by atoms with Gasteiger partial charge in [0.2, 0.25) is 0 Å². The molecule has 0 radical (unpaired) electrons. The van der Waals surface area contributed by atoms with E-state index in [1.165, 1.54) is 32.3 Å². The first kappa shape index (κ1) is 24.9. The summed E-state index contributed by atoms with van der Waals surface area (Å²) >= 11 is 0. The number of benzene rings is 1. The zero-order chi connectivity index (χ0) is 18.2. The fraction of sp³-hybridized carbons (Fsp3) is 0.684. The van der Waals surface area contributed by atoms with Crippen LogP contribution in [0.25, 0.3) is 0 Å². The van der Waals surface area contributed by atoms with Crippen LogP contribution in [0.3, 0.4) is 0 Å². The molecule has 0 saturated carbocycles. The van der Waals surface area contributed by atoms with E-state index in [-0.39, 0.29) is 29.6 Å². The summed E-state index contributed by atoms with van der Waals surface area (Å²) in [4.78, 5) is -1.77. The van der Waals surface area contributed by atoms with Crippen molar-refractivity contribution in [1.29, 1.82) is 0 Å². The van der Waals surface area contributed by atoms with Crippen LogP contribution < -0.4 is 34.3 Å². The van der Waals surface area contributed by atoms with Crippen LogP contribution in [0.15, 0.2) is 18.2 Å². The van der Waals surface area contributed by atoms with E-state index in [4.69, 9.17) is 4.74 Å².